The largest absolute Gasteiger partial charge is 0.493 e. The first-order valence-electron chi connectivity index (χ1n) is 6.06. The summed E-state index contributed by atoms with van der Waals surface area (Å²) in [5, 5.41) is 0. The maximum Gasteiger partial charge on any atom is 0.161 e. The lowest BCUT2D eigenvalue weighted by atomic mass is 10.2. The van der Waals surface area contributed by atoms with Crippen molar-refractivity contribution in [2.24, 2.45) is 0 Å². The van der Waals surface area contributed by atoms with Gasteiger partial charge in [-0.3, -0.25) is 0 Å². The average Bonchev–Trinajstić information content (AvgIpc) is 2.46. The Bertz CT molecular complexity index is 591. The SMILES string of the molecule is COc1cc(C=C(Br)Br)ccc1OCc1ccccc1. The van der Waals surface area contributed by atoms with Crippen LogP contribution in [0.25, 0.3) is 6.08 Å². The molecule has 0 atom stereocenters. The van der Waals surface area contributed by atoms with E-state index in [4.69, 9.17) is 9.47 Å². The molecule has 104 valence electrons. The minimum atomic E-state index is 0.522. The molecule has 4 heteroatoms. The summed E-state index contributed by atoms with van der Waals surface area (Å²) in [5.74, 6) is 1.45. The van der Waals surface area contributed by atoms with Crippen molar-refractivity contribution in [3.8, 4) is 11.5 Å². The highest BCUT2D eigenvalue weighted by molar-refractivity contribution is 9.28. The summed E-state index contributed by atoms with van der Waals surface area (Å²) in [7, 11) is 1.64. The highest BCUT2D eigenvalue weighted by Gasteiger charge is 2.05. The van der Waals surface area contributed by atoms with E-state index < -0.39 is 0 Å². The van der Waals surface area contributed by atoms with E-state index in [2.05, 4.69) is 31.9 Å². The highest BCUT2D eigenvalue weighted by Crippen LogP contribution is 2.30. The summed E-state index contributed by atoms with van der Waals surface area (Å²) in [6.07, 6.45) is 1.95. The fourth-order valence-corrected chi connectivity index (χ4v) is 2.28. The molecule has 0 unspecified atom stereocenters. The predicted molar refractivity (Wildman–Crippen MR) is 89.6 cm³/mol. The Labute approximate surface area is 135 Å². The lowest BCUT2D eigenvalue weighted by molar-refractivity contribution is 0.284. The Morgan fingerprint density at radius 1 is 1.05 bits per heavy atom. The van der Waals surface area contributed by atoms with Crippen molar-refractivity contribution in [1.29, 1.82) is 0 Å². The van der Waals surface area contributed by atoms with Gasteiger partial charge >= 0.3 is 0 Å². The molecule has 0 saturated carbocycles. The van der Waals surface area contributed by atoms with Crippen molar-refractivity contribution >= 4 is 37.9 Å². The van der Waals surface area contributed by atoms with Crippen molar-refractivity contribution in [2.75, 3.05) is 7.11 Å². The standard InChI is InChI=1S/C16H14Br2O2/c1-19-15-9-13(10-16(17)18)7-8-14(15)20-11-12-5-3-2-4-6-12/h2-10H,11H2,1H3. The fraction of sp³-hybridized carbons (Fsp3) is 0.125. The zero-order valence-electron chi connectivity index (χ0n) is 11.0. The molecule has 0 aliphatic carbocycles. The molecule has 2 aromatic carbocycles. The molecule has 0 aliphatic heterocycles. The van der Waals surface area contributed by atoms with E-state index in [0.29, 0.717) is 6.61 Å². The molecule has 0 aliphatic rings. The van der Waals surface area contributed by atoms with Crippen molar-refractivity contribution in [3.63, 3.8) is 0 Å². The van der Waals surface area contributed by atoms with Gasteiger partial charge in [-0.1, -0.05) is 36.4 Å². The van der Waals surface area contributed by atoms with E-state index in [1.807, 2.05) is 54.6 Å². The number of ether oxygens (including phenoxy) is 2. The summed E-state index contributed by atoms with van der Waals surface area (Å²) < 4.78 is 12.1. The molecule has 0 bridgehead atoms. The molecule has 2 rings (SSSR count). The summed E-state index contributed by atoms with van der Waals surface area (Å²) >= 11 is 6.69. The van der Waals surface area contributed by atoms with Gasteiger partial charge in [0, 0.05) is 0 Å². The number of rotatable bonds is 5. The number of methoxy groups -OCH3 is 1. The Morgan fingerprint density at radius 2 is 1.80 bits per heavy atom. The second-order valence-corrected chi connectivity index (χ2v) is 6.89. The summed E-state index contributed by atoms with van der Waals surface area (Å²) in [5.41, 5.74) is 2.15. The first-order chi connectivity index (χ1) is 9.69. The molecule has 2 aromatic rings. The van der Waals surface area contributed by atoms with E-state index in [0.717, 1.165) is 26.0 Å². The molecule has 0 spiro atoms. The number of hydrogen-bond acceptors (Lipinski definition) is 2. The van der Waals surface area contributed by atoms with Crippen LogP contribution < -0.4 is 9.47 Å². The average molecular weight is 398 g/mol. The van der Waals surface area contributed by atoms with Crippen LogP contribution in [-0.4, -0.2) is 7.11 Å². The molecule has 0 amide bonds. The first kappa shape index (κ1) is 15.1. The predicted octanol–water partition coefficient (Wildman–Crippen LogP) is 5.36. The van der Waals surface area contributed by atoms with Gasteiger partial charge in [0.05, 0.1) is 10.5 Å². The maximum atomic E-state index is 5.80. The van der Waals surface area contributed by atoms with Gasteiger partial charge in [0.1, 0.15) is 6.61 Å². The third-order valence-corrected chi connectivity index (χ3v) is 3.16. The van der Waals surface area contributed by atoms with Crippen molar-refractivity contribution in [3.05, 3.63) is 63.0 Å². The second-order valence-electron chi connectivity index (χ2n) is 4.12. The topological polar surface area (TPSA) is 18.5 Å². The van der Waals surface area contributed by atoms with Gasteiger partial charge in [-0.2, -0.15) is 0 Å². The van der Waals surface area contributed by atoms with E-state index in [1.165, 1.54) is 0 Å². The third-order valence-electron chi connectivity index (χ3n) is 2.70. The lowest BCUT2D eigenvalue weighted by Crippen LogP contribution is -1.97. The van der Waals surface area contributed by atoms with Crippen LogP contribution in [0.3, 0.4) is 0 Å². The minimum Gasteiger partial charge on any atom is -0.493 e. The Morgan fingerprint density at radius 3 is 2.45 bits per heavy atom. The van der Waals surface area contributed by atoms with Crippen LogP contribution in [-0.2, 0) is 6.61 Å². The molecule has 0 saturated heterocycles. The molecule has 0 heterocycles. The maximum absolute atomic E-state index is 5.80. The smallest absolute Gasteiger partial charge is 0.161 e. The number of halogens is 2. The quantitative estimate of drug-likeness (QED) is 0.675. The third kappa shape index (κ3) is 4.39. The molecule has 20 heavy (non-hydrogen) atoms. The normalized spacial score (nSPS) is 9.95. The molecule has 2 nitrogen and oxygen atoms in total. The Hall–Kier alpha value is -1.26. The van der Waals surface area contributed by atoms with Gasteiger partial charge in [0.15, 0.2) is 11.5 Å². The molecule has 0 fully saturated rings. The summed E-state index contributed by atoms with van der Waals surface area (Å²) in [6, 6.07) is 15.9. The van der Waals surface area contributed by atoms with E-state index in [9.17, 15) is 0 Å². The molecular formula is C16H14Br2O2. The van der Waals surface area contributed by atoms with Crippen molar-refractivity contribution in [1.82, 2.24) is 0 Å². The van der Waals surface area contributed by atoms with Crippen LogP contribution in [0.4, 0.5) is 0 Å². The Balaban J connectivity index is 2.13. The zero-order chi connectivity index (χ0) is 14.4. The number of benzene rings is 2. The van der Waals surface area contributed by atoms with E-state index in [1.54, 1.807) is 7.11 Å². The zero-order valence-corrected chi connectivity index (χ0v) is 14.1. The summed E-state index contributed by atoms with van der Waals surface area (Å²) in [6.45, 7) is 0.522. The van der Waals surface area contributed by atoms with Crippen LogP contribution in [0.15, 0.2) is 51.9 Å². The molecule has 0 aromatic heterocycles. The summed E-state index contributed by atoms with van der Waals surface area (Å²) in [4.78, 5) is 0. The van der Waals surface area contributed by atoms with Crippen molar-refractivity contribution < 1.29 is 9.47 Å². The van der Waals surface area contributed by atoms with Crippen LogP contribution in [0.1, 0.15) is 11.1 Å². The molecule has 0 radical (unpaired) electrons. The van der Waals surface area contributed by atoms with Crippen LogP contribution in [0.2, 0.25) is 0 Å². The van der Waals surface area contributed by atoms with E-state index in [-0.39, 0.29) is 0 Å². The van der Waals surface area contributed by atoms with Gasteiger partial charge in [0.2, 0.25) is 0 Å². The van der Waals surface area contributed by atoms with Crippen LogP contribution in [0, 0.1) is 0 Å². The fourth-order valence-electron chi connectivity index (χ4n) is 1.75. The van der Waals surface area contributed by atoms with E-state index >= 15 is 0 Å². The highest BCUT2D eigenvalue weighted by atomic mass is 79.9. The van der Waals surface area contributed by atoms with Gasteiger partial charge < -0.3 is 9.47 Å². The monoisotopic (exact) mass is 396 g/mol. The van der Waals surface area contributed by atoms with Gasteiger partial charge in [-0.15, -0.1) is 0 Å². The van der Waals surface area contributed by atoms with Crippen LogP contribution in [0.5, 0.6) is 11.5 Å². The Kier molecular flexibility index (Phi) is 5.68. The first-order valence-corrected chi connectivity index (χ1v) is 7.65. The number of hydrogen-bond donors (Lipinski definition) is 0. The van der Waals surface area contributed by atoms with Gasteiger partial charge in [-0.05, 0) is 61.2 Å². The molecule has 0 N–H and O–H groups in total. The van der Waals surface area contributed by atoms with Crippen LogP contribution >= 0.6 is 31.9 Å². The minimum absolute atomic E-state index is 0.522. The lowest BCUT2D eigenvalue weighted by Gasteiger charge is -2.11. The van der Waals surface area contributed by atoms with Crippen molar-refractivity contribution in [2.45, 2.75) is 6.61 Å². The van der Waals surface area contributed by atoms with Gasteiger partial charge in [-0.25, -0.2) is 0 Å². The van der Waals surface area contributed by atoms with Gasteiger partial charge in [0.25, 0.3) is 0 Å². The second kappa shape index (κ2) is 7.50. The molecular weight excluding hydrogens is 384 g/mol.